The average Bonchev–Trinajstić information content (AvgIpc) is 3.15. The lowest BCUT2D eigenvalue weighted by molar-refractivity contribution is -0.117. The summed E-state index contributed by atoms with van der Waals surface area (Å²) in [6.07, 6.45) is -0.319. The quantitative estimate of drug-likeness (QED) is 0.290. The molecule has 0 saturated carbocycles. The molecule has 7 nitrogen and oxygen atoms in total. The fourth-order valence-electron chi connectivity index (χ4n) is 3.97. The first-order valence-corrected chi connectivity index (χ1v) is 11.9. The highest BCUT2D eigenvalue weighted by Gasteiger charge is 2.18. The molecule has 192 valence electrons. The number of amides is 2. The van der Waals surface area contributed by atoms with Crippen molar-refractivity contribution in [2.75, 3.05) is 17.7 Å². The van der Waals surface area contributed by atoms with Gasteiger partial charge < -0.3 is 19.4 Å². The number of anilines is 2. The van der Waals surface area contributed by atoms with E-state index in [1.165, 1.54) is 6.07 Å². The Morgan fingerprint density at radius 3 is 2.30 bits per heavy atom. The maximum absolute atomic E-state index is 14.5. The molecule has 1 aromatic heterocycles. The number of nitrogens with zero attached hydrogens (tertiary/aromatic N) is 1. The molecular formula is C29H30FN3O4. The van der Waals surface area contributed by atoms with E-state index in [0.717, 1.165) is 10.9 Å². The van der Waals surface area contributed by atoms with Gasteiger partial charge in [-0.3, -0.25) is 10.1 Å². The molecule has 0 fully saturated rings. The molecule has 0 bridgehead atoms. The van der Waals surface area contributed by atoms with Crippen molar-refractivity contribution in [2.24, 2.45) is 5.41 Å². The fourth-order valence-corrected chi connectivity index (χ4v) is 3.97. The minimum Gasteiger partial charge on any atom is -0.497 e. The van der Waals surface area contributed by atoms with Crippen LogP contribution in [0.15, 0.2) is 72.8 Å². The van der Waals surface area contributed by atoms with Crippen LogP contribution in [0.4, 0.5) is 20.6 Å². The molecular weight excluding hydrogens is 473 g/mol. The van der Waals surface area contributed by atoms with Gasteiger partial charge in [0.25, 0.3) is 0 Å². The number of rotatable bonds is 7. The topological polar surface area (TPSA) is 81.6 Å². The van der Waals surface area contributed by atoms with Crippen LogP contribution in [0, 0.1) is 11.2 Å². The van der Waals surface area contributed by atoms with Crippen LogP contribution < -0.4 is 20.1 Å². The highest BCUT2D eigenvalue weighted by Crippen LogP contribution is 2.30. The first kappa shape index (κ1) is 25.8. The summed E-state index contributed by atoms with van der Waals surface area (Å²) in [5.41, 5.74) is 2.19. The number of ether oxygens (including phenoxy) is 2. The largest absolute Gasteiger partial charge is 0.497 e. The number of aromatic nitrogens is 1. The van der Waals surface area contributed by atoms with Crippen molar-refractivity contribution in [1.82, 2.24) is 4.57 Å². The Labute approximate surface area is 215 Å². The van der Waals surface area contributed by atoms with Crippen LogP contribution in [0.3, 0.4) is 0 Å². The van der Waals surface area contributed by atoms with Crippen LogP contribution in [0.2, 0.25) is 0 Å². The number of hydrogen-bond donors (Lipinski definition) is 2. The summed E-state index contributed by atoms with van der Waals surface area (Å²) >= 11 is 0. The molecule has 2 amide bonds. The van der Waals surface area contributed by atoms with Crippen molar-refractivity contribution in [3.05, 3.63) is 84.2 Å². The number of hydrogen-bond acceptors (Lipinski definition) is 4. The molecule has 0 aliphatic carbocycles. The van der Waals surface area contributed by atoms with E-state index < -0.39 is 6.09 Å². The number of carbonyl (C=O) groups excluding carboxylic acids is 2. The van der Waals surface area contributed by atoms with E-state index in [0.29, 0.717) is 29.1 Å². The van der Waals surface area contributed by atoms with Gasteiger partial charge in [0, 0.05) is 34.8 Å². The van der Waals surface area contributed by atoms with Gasteiger partial charge in [0.05, 0.1) is 19.2 Å². The summed E-state index contributed by atoms with van der Waals surface area (Å²) < 4.78 is 27.0. The van der Waals surface area contributed by atoms with Gasteiger partial charge >= 0.3 is 6.09 Å². The molecule has 3 aromatic carbocycles. The highest BCUT2D eigenvalue weighted by atomic mass is 19.1. The van der Waals surface area contributed by atoms with E-state index in [2.05, 4.69) is 10.6 Å². The Kier molecular flexibility index (Phi) is 7.47. The molecule has 0 atom stereocenters. The predicted octanol–water partition coefficient (Wildman–Crippen LogP) is 6.82. The summed E-state index contributed by atoms with van der Waals surface area (Å²) in [4.78, 5) is 25.2. The van der Waals surface area contributed by atoms with Gasteiger partial charge in [0.1, 0.15) is 11.6 Å². The van der Waals surface area contributed by atoms with Crippen molar-refractivity contribution in [1.29, 1.82) is 0 Å². The molecule has 0 aliphatic rings. The molecule has 0 saturated heterocycles. The van der Waals surface area contributed by atoms with Gasteiger partial charge in [-0.2, -0.15) is 0 Å². The number of methoxy groups -OCH3 is 1. The number of nitrogens with one attached hydrogen (secondary N) is 2. The molecule has 1 heterocycles. The molecule has 0 aliphatic heterocycles. The normalized spacial score (nSPS) is 11.3. The zero-order chi connectivity index (χ0) is 26.6. The van der Waals surface area contributed by atoms with Gasteiger partial charge in [-0.25, -0.2) is 9.18 Å². The van der Waals surface area contributed by atoms with Crippen molar-refractivity contribution >= 4 is 34.3 Å². The molecule has 4 aromatic rings. The Morgan fingerprint density at radius 2 is 1.62 bits per heavy atom. The summed E-state index contributed by atoms with van der Waals surface area (Å²) in [6.45, 7) is 6.15. The Morgan fingerprint density at radius 1 is 0.919 bits per heavy atom. The third-order valence-electron chi connectivity index (χ3n) is 5.66. The fraction of sp³-hybridized carbons (Fsp3) is 0.241. The zero-order valence-corrected chi connectivity index (χ0v) is 21.3. The minimum absolute atomic E-state index is 0.0898. The molecule has 0 spiro atoms. The lowest BCUT2D eigenvalue weighted by atomic mass is 9.92. The van der Waals surface area contributed by atoms with Crippen molar-refractivity contribution in [3.8, 4) is 11.6 Å². The summed E-state index contributed by atoms with van der Waals surface area (Å²) in [5, 5.41) is 6.34. The second-order valence-corrected chi connectivity index (χ2v) is 9.96. The van der Waals surface area contributed by atoms with Crippen LogP contribution in [-0.4, -0.2) is 23.7 Å². The molecule has 4 rings (SSSR count). The van der Waals surface area contributed by atoms with Gasteiger partial charge in [0.2, 0.25) is 11.8 Å². The van der Waals surface area contributed by atoms with Gasteiger partial charge in [-0.15, -0.1) is 0 Å². The molecule has 8 heteroatoms. The smallest absolute Gasteiger partial charge is 0.418 e. The Balaban J connectivity index is 1.63. The summed E-state index contributed by atoms with van der Waals surface area (Å²) in [5.74, 6) is 0.453. The SMILES string of the molecule is COc1ccc(NC(=O)Oc2cc3cc(NC(=O)CC(C)(C)C)ccc3n2Cc2ccccc2F)cc1. The lowest BCUT2D eigenvalue weighted by Crippen LogP contribution is -2.19. The predicted molar refractivity (Wildman–Crippen MR) is 143 cm³/mol. The monoisotopic (exact) mass is 503 g/mol. The van der Waals surface area contributed by atoms with E-state index in [1.54, 1.807) is 66.3 Å². The third-order valence-corrected chi connectivity index (χ3v) is 5.66. The Bertz CT molecular complexity index is 1420. The number of carbonyl (C=O) groups is 2. The Hall–Kier alpha value is -4.33. The molecule has 0 unspecified atom stereocenters. The number of halogens is 1. The van der Waals surface area contributed by atoms with Gasteiger partial charge in [-0.1, -0.05) is 39.0 Å². The lowest BCUT2D eigenvalue weighted by Gasteiger charge is -2.17. The number of benzene rings is 3. The summed E-state index contributed by atoms with van der Waals surface area (Å²) in [7, 11) is 1.56. The van der Waals surface area contributed by atoms with Crippen LogP contribution >= 0.6 is 0 Å². The van der Waals surface area contributed by atoms with E-state index in [9.17, 15) is 14.0 Å². The zero-order valence-electron chi connectivity index (χ0n) is 21.3. The maximum Gasteiger partial charge on any atom is 0.418 e. The molecule has 37 heavy (non-hydrogen) atoms. The van der Waals surface area contributed by atoms with Gasteiger partial charge in [-0.05, 0) is 53.9 Å². The second-order valence-electron chi connectivity index (χ2n) is 9.96. The van der Waals surface area contributed by atoms with Gasteiger partial charge in [0.15, 0.2) is 0 Å². The van der Waals surface area contributed by atoms with Crippen LogP contribution in [0.5, 0.6) is 11.6 Å². The molecule has 2 N–H and O–H groups in total. The first-order valence-electron chi connectivity index (χ1n) is 11.9. The van der Waals surface area contributed by atoms with E-state index in [1.807, 2.05) is 32.9 Å². The van der Waals surface area contributed by atoms with Crippen molar-refractivity contribution in [2.45, 2.75) is 33.7 Å². The minimum atomic E-state index is -0.693. The highest BCUT2D eigenvalue weighted by molar-refractivity contribution is 5.95. The summed E-state index contributed by atoms with van der Waals surface area (Å²) in [6, 6.07) is 20.4. The van der Waals surface area contributed by atoms with E-state index in [4.69, 9.17) is 9.47 Å². The number of fused-ring (bicyclic) bond motifs is 1. The first-order chi connectivity index (χ1) is 17.6. The van der Waals surface area contributed by atoms with Crippen LogP contribution in [0.1, 0.15) is 32.8 Å². The van der Waals surface area contributed by atoms with E-state index >= 15 is 0 Å². The average molecular weight is 504 g/mol. The van der Waals surface area contributed by atoms with Crippen molar-refractivity contribution < 1.29 is 23.5 Å². The molecule has 0 radical (unpaired) electrons. The maximum atomic E-state index is 14.5. The van der Waals surface area contributed by atoms with Crippen molar-refractivity contribution in [3.63, 3.8) is 0 Å². The van der Waals surface area contributed by atoms with Crippen LogP contribution in [-0.2, 0) is 11.3 Å². The third kappa shape index (κ3) is 6.67. The van der Waals surface area contributed by atoms with E-state index in [-0.39, 0.29) is 29.6 Å². The van der Waals surface area contributed by atoms with Crippen LogP contribution in [0.25, 0.3) is 10.9 Å². The second kappa shape index (κ2) is 10.7. The standard InChI is InChI=1S/C29H30FN3O4/c1-29(2,3)17-26(34)31-22-11-14-25-20(15-22)16-27(33(25)18-19-7-5-6-8-24(19)30)37-28(35)32-21-9-12-23(36-4)13-10-21/h5-16H,17-18H2,1-4H3,(H,31,34)(H,32,35).